The lowest BCUT2D eigenvalue weighted by Gasteiger charge is -1.98. The van der Waals surface area contributed by atoms with Crippen molar-refractivity contribution in [2.45, 2.75) is 6.92 Å². The largest absolute Gasteiger partial charge is 0.234 e. The van der Waals surface area contributed by atoms with Crippen LogP contribution >= 0.6 is 0 Å². The van der Waals surface area contributed by atoms with Crippen molar-refractivity contribution >= 4 is 16.1 Å². The highest BCUT2D eigenvalue weighted by Gasteiger charge is 2.02. The first kappa shape index (κ1) is 16.9. The number of hydrogen-bond acceptors (Lipinski definition) is 2. The number of aryl methyl sites for hydroxylation is 1. The predicted molar refractivity (Wildman–Crippen MR) is 90.4 cm³/mol. The van der Waals surface area contributed by atoms with Crippen LogP contribution in [0.4, 0.5) is 4.39 Å². The third-order valence-corrected chi connectivity index (χ3v) is 4.02. The normalized spacial score (nSPS) is 11.2. The molecule has 0 aliphatic rings. The molecule has 118 valence electrons. The Labute approximate surface area is 135 Å². The number of sulfonamides is 1. The van der Waals surface area contributed by atoms with E-state index in [-0.39, 0.29) is 12.1 Å². The molecule has 0 aliphatic carbocycles. The van der Waals surface area contributed by atoms with Gasteiger partial charge in [-0.2, -0.15) is 4.72 Å². The maximum atomic E-state index is 13.3. The van der Waals surface area contributed by atoms with E-state index in [2.05, 4.69) is 16.6 Å². The standard InChI is InChI=1S/C18H16FNO2S/c1-15-8-10-16(11-9-15)12-14-23(21,22)20-13-4-6-17-5-2-3-7-18(17)19/h2-3,5,7-12,14,20H,13H2,1H3/b14-12+. The van der Waals surface area contributed by atoms with E-state index in [4.69, 9.17) is 0 Å². The quantitative estimate of drug-likeness (QED) is 0.876. The molecule has 2 aromatic carbocycles. The Bertz CT molecular complexity index is 860. The molecule has 0 atom stereocenters. The van der Waals surface area contributed by atoms with Crippen LogP contribution in [0, 0.1) is 24.6 Å². The van der Waals surface area contributed by atoms with Crippen LogP contribution in [0.15, 0.2) is 53.9 Å². The molecule has 0 amide bonds. The van der Waals surface area contributed by atoms with Crippen molar-refractivity contribution in [1.82, 2.24) is 4.72 Å². The molecule has 0 saturated heterocycles. The van der Waals surface area contributed by atoms with Gasteiger partial charge in [0.1, 0.15) is 5.82 Å². The number of halogens is 1. The predicted octanol–water partition coefficient (Wildman–Crippen LogP) is 3.08. The van der Waals surface area contributed by atoms with E-state index < -0.39 is 15.8 Å². The van der Waals surface area contributed by atoms with Crippen LogP contribution in [0.1, 0.15) is 16.7 Å². The maximum absolute atomic E-state index is 13.3. The molecule has 0 fully saturated rings. The Balaban J connectivity index is 1.95. The molecule has 0 bridgehead atoms. The first-order valence-corrected chi connectivity index (χ1v) is 8.49. The van der Waals surface area contributed by atoms with Crippen molar-refractivity contribution in [3.63, 3.8) is 0 Å². The Kier molecular flexibility index (Phi) is 5.69. The lowest BCUT2D eigenvalue weighted by Crippen LogP contribution is -2.21. The first-order chi connectivity index (χ1) is 11.0. The summed E-state index contributed by atoms with van der Waals surface area (Å²) in [6.45, 7) is 1.87. The molecule has 0 aliphatic heterocycles. The van der Waals surface area contributed by atoms with Crippen LogP contribution in [0.2, 0.25) is 0 Å². The highest BCUT2D eigenvalue weighted by molar-refractivity contribution is 7.92. The van der Waals surface area contributed by atoms with Crippen molar-refractivity contribution in [3.05, 3.63) is 76.4 Å². The van der Waals surface area contributed by atoms with Gasteiger partial charge < -0.3 is 0 Å². The second-order valence-electron chi connectivity index (χ2n) is 4.86. The highest BCUT2D eigenvalue weighted by Crippen LogP contribution is 2.06. The fraction of sp³-hybridized carbons (Fsp3) is 0.111. The summed E-state index contributed by atoms with van der Waals surface area (Å²) in [7, 11) is -3.58. The van der Waals surface area contributed by atoms with E-state index in [1.807, 2.05) is 31.2 Å². The number of benzene rings is 2. The minimum atomic E-state index is -3.58. The Hall–Kier alpha value is -2.42. The Morgan fingerprint density at radius 1 is 1.13 bits per heavy atom. The zero-order valence-electron chi connectivity index (χ0n) is 12.6. The van der Waals surface area contributed by atoms with Crippen LogP contribution in [-0.4, -0.2) is 15.0 Å². The van der Waals surface area contributed by atoms with Crippen LogP contribution in [-0.2, 0) is 10.0 Å². The van der Waals surface area contributed by atoms with Gasteiger partial charge in [-0.3, -0.25) is 0 Å². The van der Waals surface area contributed by atoms with E-state index in [9.17, 15) is 12.8 Å². The van der Waals surface area contributed by atoms with Gasteiger partial charge in [0.2, 0.25) is 10.0 Å². The molecular weight excluding hydrogens is 313 g/mol. The van der Waals surface area contributed by atoms with E-state index in [0.29, 0.717) is 0 Å². The second kappa shape index (κ2) is 7.73. The third kappa shape index (κ3) is 5.70. The third-order valence-electron chi connectivity index (χ3n) is 2.98. The van der Waals surface area contributed by atoms with E-state index in [1.165, 1.54) is 18.2 Å². The Morgan fingerprint density at radius 3 is 2.52 bits per heavy atom. The SMILES string of the molecule is Cc1ccc(/C=C/S(=O)(=O)NCC#Cc2ccccc2F)cc1. The molecule has 2 aromatic rings. The van der Waals surface area contributed by atoms with E-state index >= 15 is 0 Å². The van der Waals surface area contributed by atoms with Crippen molar-refractivity contribution in [2.75, 3.05) is 6.54 Å². The van der Waals surface area contributed by atoms with Crippen LogP contribution in [0.25, 0.3) is 6.08 Å². The van der Waals surface area contributed by atoms with Gasteiger partial charge in [-0.05, 0) is 30.7 Å². The summed E-state index contributed by atoms with van der Waals surface area (Å²) in [4.78, 5) is 0. The van der Waals surface area contributed by atoms with Crippen molar-refractivity contribution in [3.8, 4) is 11.8 Å². The molecule has 0 radical (unpaired) electrons. The minimum Gasteiger partial charge on any atom is -0.208 e. The summed E-state index contributed by atoms with van der Waals surface area (Å²) in [6.07, 6.45) is 1.51. The average molecular weight is 329 g/mol. The Morgan fingerprint density at radius 2 is 1.83 bits per heavy atom. The van der Waals surface area contributed by atoms with Gasteiger partial charge >= 0.3 is 0 Å². The van der Waals surface area contributed by atoms with Crippen LogP contribution in [0.5, 0.6) is 0 Å². The number of rotatable bonds is 4. The molecule has 0 aromatic heterocycles. The monoisotopic (exact) mass is 329 g/mol. The molecule has 1 N–H and O–H groups in total. The number of hydrogen-bond donors (Lipinski definition) is 1. The van der Waals surface area contributed by atoms with Crippen molar-refractivity contribution in [1.29, 1.82) is 0 Å². The number of nitrogens with one attached hydrogen (secondary N) is 1. The summed E-state index contributed by atoms with van der Waals surface area (Å²) >= 11 is 0. The zero-order chi connectivity index (χ0) is 16.7. The van der Waals surface area contributed by atoms with Crippen molar-refractivity contribution < 1.29 is 12.8 Å². The topological polar surface area (TPSA) is 46.2 Å². The molecule has 0 unspecified atom stereocenters. The molecule has 0 spiro atoms. The van der Waals surface area contributed by atoms with Gasteiger partial charge in [0.25, 0.3) is 0 Å². The minimum absolute atomic E-state index is 0.0884. The smallest absolute Gasteiger partial charge is 0.208 e. The summed E-state index contributed by atoms with van der Waals surface area (Å²) in [5, 5.41) is 1.09. The molecular formula is C18H16FNO2S. The van der Waals surface area contributed by atoms with Crippen LogP contribution < -0.4 is 4.72 Å². The van der Waals surface area contributed by atoms with Gasteiger partial charge in [-0.15, -0.1) is 0 Å². The second-order valence-corrected chi connectivity index (χ2v) is 6.51. The molecule has 2 rings (SSSR count). The van der Waals surface area contributed by atoms with Crippen LogP contribution in [0.3, 0.4) is 0 Å². The maximum Gasteiger partial charge on any atom is 0.234 e. The van der Waals surface area contributed by atoms with Crippen molar-refractivity contribution in [2.24, 2.45) is 0 Å². The fourth-order valence-corrected chi connectivity index (χ4v) is 2.44. The van der Waals surface area contributed by atoms with E-state index in [1.54, 1.807) is 12.1 Å². The van der Waals surface area contributed by atoms with Gasteiger partial charge in [0.15, 0.2) is 0 Å². The van der Waals surface area contributed by atoms with Gasteiger partial charge in [0.05, 0.1) is 12.1 Å². The molecule has 5 heteroatoms. The first-order valence-electron chi connectivity index (χ1n) is 6.94. The lowest BCUT2D eigenvalue weighted by atomic mass is 10.2. The summed E-state index contributed by atoms with van der Waals surface area (Å²) in [5.41, 5.74) is 2.13. The van der Waals surface area contributed by atoms with E-state index in [0.717, 1.165) is 16.5 Å². The van der Waals surface area contributed by atoms with Gasteiger partial charge in [-0.25, -0.2) is 12.8 Å². The highest BCUT2D eigenvalue weighted by atomic mass is 32.2. The summed E-state index contributed by atoms with van der Waals surface area (Å²) in [6, 6.07) is 13.5. The van der Waals surface area contributed by atoms with Gasteiger partial charge in [-0.1, -0.05) is 53.8 Å². The summed E-state index contributed by atoms with van der Waals surface area (Å²) in [5.74, 6) is 4.75. The summed E-state index contributed by atoms with van der Waals surface area (Å²) < 4.78 is 39.3. The zero-order valence-corrected chi connectivity index (χ0v) is 13.4. The average Bonchev–Trinajstić information content (AvgIpc) is 2.53. The lowest BCUT2D eigenvalue weighted by molar-refractivity contribution is 0.595. The molecule has 0 heterocycles. The van der Waals surface area contributed by atoms with Gasteiger partial charge in [0, 0.05) is 5.41 Å². The molecule has 3 nitrogen and oxygen atoms in total. The fourth-order valence-electron chi connectivity index (χ4n) is 1.73. The molecule has 23 heavy (non-hydrogen) atoms. The molecule has 0 saturated carbocycles.